The van der Waals surface area contributed by atoms with Crippen molar-refractivity contribution in [3.05, 3.63) is 71.8 Å². The number of benzene rings is 2. The first-order valence-electron chi connectivity index (χ1n) is 12.3. The van der Waals surface area contributed by atoms with Gasteiger partial charge < -0.3 is 53.6 Å². The maximum atomic E-state index is 10.8. The van der Waals surface area contributed by atoms with E-state index in [2.05, 4.69) is 0 Å². The Hall–Kier alpha value is -2.00. The van der Waals surface area contributed by atoms with E-state index in [1.165, 1.54) is 0 Å². The van der Waals surface area contributed by atoms with Crippen LogP contribution in [0.15, 0.2) is 60.7 Å². The molecule has 0 radical (unpaired) electrons. The van der Waals surface area contributed by atoms with Gasteiger partial charge in [0.1, 0.15) is 48.8 Å². The van der Waals surface area contributed by atoms with E-state index in [9.17, 15) is 20.4 Å². The van der Waals surface area contributed by atoms with E-state index in [0.717, 1.165) is 11.1 Å². The molecular formula is C26H30O11. The normalized spacial score (nSPS) is 44.0. The van der Waals surface area contributed by atoms with Crippen LogP contribution >= 0.6 is 0 Å². The highest BCUT2D eigenvalue weighted by Gasteiger charge is 2.53. The lowest BCUT2D eigenvalue weighted by molar-refractivity contribution is -0.412. The van der Waals surface area contributed by atoms with E-state index < -0.39 is 74.0 Å². The summed E-state index contributed by atoms with van der Waals surface area (Å²) in [6.07, 6.45) is -13.1. The molecule has 11 nitrogen and oxygen atoms in total. The Morgan fingerprint density at radius 2 is 0.946 bits per heavy atom. The smallest absolute Gasteiger partial charge is 0.189 e. The molecule has 4 aliphatic rings. The van der Waals surface area contributed by atoms with Crippen LogP contribution in [0.25, 0.3) is 0 Å². The molecule has 6 rings (SSSR count). The lowest BCUT2D eigenvalue weighted by Crippen LogP contribution is -2.66. The molecule has 0 saturated carbocycles. The molecule has 4 fully saturated rings. The van der Waals surface area contributed by atoms with Crippen LogP contribution in [0, 0.1) is 0 Å². The summed E-state index contributed by atoms with van der Waals surface area (Å²) in [5.41, 5.74) is 1.55. The van der Waals surface area contributed by atoms with Crippen LogP contribution in [-0.4, -0.2) is 95.1 Å². The highest BCUT2D eigenvalue weighted by molar-refractivity contribution is 5.17. The summed E-state index contributed by atoms with van der Waals surface area (Å²) in [5, 5.41) is 43.1. The third kappa shape index (κ3) is 4.93. The van der Waals surface area contributed by atoms with Crippen LogP contribution < -0.4 is 0 Å². The van der Waals surface area contributed by atoms with Crippen molar-refractivity contribution in [3.8, 4) is 0 Å². The van der Waals surface area contributed by atoms with Gasteiger partial charge in [-0.25, -0.2) is 0 Å². The number of ether oxygens (including phenoxy) is 7. The maximum absolute atomic E-state index is 10.8. The average Bonchev–Trinajstić information content (AvgIpc) is 2.95. The summed E-state index contributed by atoms with van der Waals surface area (Å²) < 4.78 is 40.7. The van der Waals surface area contributed by atoms with Gasteiger partial charge in [-0.05, 0) is 0 Å². The molecule has 37 heavy (non-hydrogen) atoms. The molecule has 200 valence electrons. The van der Waals surface area contributed by atoms with Gasteiger partial charge in [0, 0.05) is 11.1 Å². The largest absolute Gasteiger partial charge is 0.387 e. The van der Waals surface area contributed by atoms with E-state index in [-0.39, 0.29) is 13.2 Å². The molecule has 11 heteroatoms. The summed E-state index contributed by atoms with van der Waals surface area (Å²) in [7, 11) is 0. The second-order valence-electron chi connectivity index (χ2n) is 9.54. The molecule has 0 bridgehead atoms. The monoisotopic (exact) mass is 518 g/mol. The third-order valence-corrected chi connectivity index (χ3v) is 7.08. The van der Waals surface area contributed by atoms with Crippen molar-refractivity contribution in [1.29, 1.82) is 0 Å². The highest BCUT2D eigenvalue weighted by atomic mass is 16.8. The van der Waals surface area contributed by atoms with Crippen LogP contribution in [-0.2, 0) is 33.2 Å². The number of aliphatic hydroxyl groups excluding tert-OH is 4. The van der Waals surface area contributed by atoms with Crippen molar-refractivity contribution in [2.45, 2.75) is 74.0 Å². The van der Waals surface area contributed by atoms with Crippen molar-refractivity contribution < 1.29 is 53.6 Å². The predicted octanol–water partition coefficient (Wildman–Crippen LogP) is 0.125. The molecule has 0 spiro atoms. The van der Waals surface area contributed by atoms with Gasteiger partial charge in [0.25, 0.3) is 0 Å². The van der Waals surface area contributed by atoms with Crippen LogP contribution in [0.4, 0.5) is 0 Å². The van der Waals surface area contributed by atoms with Gasteiger partial charge in [-0.1, -0.05) is 60.7 Å². The molecule has 4 aliphatic heterocycles. The Kier molecular flexibility index (Phi) is 7.27. The molecule has 0 aliphatic carbocycles. The van der Waals surface area contributed by atoms with Gasteiger partial charge in [-0.15, -0.1) is 0 Å². The zero-order chi connectivity index (χ0) is 25.5. The molecule has 4 saturated heterocycles. The minimum Gasteiger partial charge on any atom is -0.387 e. The molecule has 4 N–H and O–H groups in total. The van der Waals surface area contributed by atoms with Crippen LogP contribution in [0.3, 0.4) is 0 Å². The van der Waals surface area contributed by atoms with Crippen LogP contribution in [0.2, 0.25) is 0 Å². The number of aliphatic hydroxyl groups is 4. The first-order chi connectivity index (χ1) is 18.0. The van der Waals surface area contributed by atoms with Gasteiger partial charge in [0.05, 0.1) is 13.2 Å². The van der Waals surface area contributed by atoms with Gasteiger partial charge in [-0.3, -0.25) is 0 Å². The predicted molar refractivity (Wildman–Crippen MR) is 122 cm³/mol. The zero-order valence-corrected chi connectivity index (χ0v) is 19.8. The standard InChI is InChI=1S/C26H30O11/c27-17-19(29)25(33-15-11-31-23(35-21(15)17)13-7-3-1-4-8-13)37-26-20(30)18(28)22-16(34-26)12-32-24(36-22)14-9-5-2-6-10-14/h1-10,15-30H,11-12H2/t15-,16-,17-,18-,19-,20-,21-,22-,23+,24+,25-,26-/m1/s1. The van der Waals surface area contributed by atoms with Crippen LogP contribution in [0.5, 0.6) is 0 Å². The first kappa shape index (κ1) is 25.3. The summed E-state index contributed by atoms with van der Waals surface area (Å²) in [5.74, 6) is 0. The van der Waals surface area contributed by atoms with Crippen molar-refractivity contribution in [1.82, 2.24) is 0 Å². The fraction of sp³-hybridized carbons (Fsp3) is 0.538. The van der Waals surface area contributed by atoms with Crippen molar-refractivity contribution in [3.63, 3.8) is 0 Å². The average molecular weight is 519 g/mol. The van der Waals surface area contributed by atoms with Gasteiger partial charge >= 0.3 is 0 Å². The quantitative estimate of drug-likeness (QED) is 0.438. The Balaban J connectivity index is 1.09. The van der Waals surface area contributed by atoms with Gasteiger partial charge in [0.2, 0.25) is 0 Å². The number of hydrogen-bond acceptors (Lipinski definition) is 11. The molecule has 0 unspecified atom stereocenters. The van der Waals surface area contributed by atoms with Crippen molar-refractivity contribution in [2.24, 2.45) is 0 Å². The lowest BCUT2D eigenvalue weighted by Gasteiger charge is -2.49. The highest BCUT2D eigenvalue weighted by Crippen LogP contribution is 2.37. The molecule has 2 aromatic carbocycles. The molecule has 4 heterocycles. The summed E-state index contributed by atoms with van der Waals surface area (Å²) in [6.45, 7) is 0.162. The molecule has 2 aromatic rings. The Labute approximate surface area is 213 Å². The Morgan fingerprint density at radius 3 is 1.35 bits per heavy atom. The number of hydrogen-bond donors (Lipinski definition) is 4. The second-order valence-corrected chi connectivity index (χ2v) is 9.54. The topological polar surface area (TPSA) is 146 Å². The molecule has 0 aromatic heterocycles. The summed E-state index contributed by atoms with van der Waals surface area (Å²) in [6, 6.07) is 18.5. The first-order valence-corrected chi connectivity index (χ1v) is 12.3. The van der Waals surface area contributed by atoms with E-state index in [4.69, 9.17) is 33.2 Å². The SMILES string of the molecule is O[C@@H]1[C@@H](O)[C@@H](O[C@H]2O[C@@H]3CO[C@H](c4ccccc4)O[C@H]3[C@H](O)[C@H]2O)O[C@@H]2CO[C@H](c3ccccc3)O[C@@H]12. The third-order valence-electron chi connectivity index (χ3n) is 7.08. The fourth-order valence-corrected chi connectivity index (χ4v) is 5.07. The van der Waals surface area contributed by atoms with E-state index in [0.29, 0.717) is 0 Å². The van der Waals surface area contributed by atoms with Gasteiger partial charge in [-0.2, -0.15) is 0 Å². The maximum Gasteiger partial charge on any atom is 0.189 e. The Bertz CT molecular complexity index is 940. The summed E-state index contributed by atoms with van der Waals surface area (Å²) in [4.78, 5) is 0. The Morgan fingerprint density at radius 1 is 0.541 bits per heavy atom. The fourth-order valence-electron chi connectivity index (χ4n) is 5.07. The van der Waals surface area contributed by atoms with E-state index >= 15 is 0 Å². The van der Waals surface area contributed by atoms with Crippen LogP contribution in [0.1, 0.15) is 23.7 Å². The van der Waals surface area contributed by atoms with E-state index in [1.54, 1.807) is 0 Å². The molecule has 0 amide bonds. The number of rotatable bonds is 4. The second kappa shape index (κ2) is 10.6. The molecule has 12 atom stereocenters. The zero-order valence-electron chi connectivity index (χ0n) is 19.8. The molecular weight excluding hydrogens is 488 g/mol. The van der Waals surface area contributed by atoms with Crippen molar-refractivity contribution >= 4 is 0 Å². The summed E-state index contributed by atoms with van der Waals surface area (Å²) >= 11 is 0. The lowest BCUT2D eigenvalue weighted by atomic mass is 9.96. The van der Waals surface area contributed by atoms with E-state index in [1.807, 2.05) is 60.7 Å². The van der Waals surface area contributed by atoms with Crippen molar-refractivity contribution in [2.75, 3.05) is 13.2 Å². The van der Waals surface area contributed by atoms with Gasteiger partial charge in [0.15, 0.2) is 25.2 Å². The minimum absolute atomic E-state index is 0.0812. The minimum atomic E-state index is -1.51. The number of fused-ring (bicyclic) bond motifs is 2.